The molecule has 0 radical (unpaired) electrons. The molecule has 3 aromatic rings. The first-order valence-electron chi connectivity index (χ1n) is 8.03. The number of rotatable bonds is 3. The molecule has 0 atom stereocenters. The van der Waals surface area contributed by atoms with Crippen LogP contribution in [-0.2, 0) is 0 Å². The van der Waals surface area contributed by atoms with E-state index in [-0.39, 0.29) is 46.4 Å². The summed E-state index contributed by atoms with van der Waals surface area (Å²) < 4.78 is 24.1. The Kier molecular flexibility index (Phi) is 4.01. The van der Waals surface area contributed by atoms with E-state index in [1.54, 1.807) is 6.07 Å². The number of nitro groups is 1. The largest absolute Gasteiger partial charge is 0.454 e. The van der Waals surface area contributed by atoms with Crippen molar-refractivity contribution in [2.75, 3.05) is 12.5 Å². The van der Waals surface area contributed by atoms with E-state index in [1.807, 2.05) is 6.07 Å². The first-order valence-corrected chi connectivity index (χ1v) is 8.03. The number of aromatic nitrogens is 1. The molecule has 138 valence electrons. The number of pyridine rings is 1. The van der Waals surface area contributed by atoms with E-state index in [0.717, 1.165) is 0 Å². The van der Waals surface area contributed by atoms with Crippen LogP contribution in [0.4, 0.5) is 15.9 Å². The molecular formula is C19H11FN4O4. The third kappa shape index (κ3) is 2.83. The number of hydrogen-bond acceptors (Lipinski definition) is 7. The Balaban J connectivity index is 2.00. The van der Waals surface area contributed by atoms with Crippen molar-refractivity contribution in [3.05, 3.63) is 64.0 Å². The molecule has 1 aromatic heterocycles. The Bertz CT molecular complexity index is 1170. The van der Waals surface area contributed by atoms with Crippen LogP contribution in [0, 0.1) is 27.3 Å². The fraction of sp³-hybridized carbons (Fsp3) is 0.0526. The van der Waals surface area contributed by atoms with E-state index in [0.29, 0.717) is 11.3 Å². The van der Waals surface area contributed by atoms with E-state index >= 15 is 0 Å². The van der Waals surface area contributed by atoms with Gasteiger partial charge >= 0.3 is 0 Å². The van der Waals surface area contributed by atoms with Crippen molar-refractivity contribution in [3.63, 3.8) is 0 Å². The lowest BCUT2D eigenvalue weighted by Crippen LogP contribution is -2.01. The van der Waals surface area contributed by atoms with Gasteiger partial charge in [-0.25, -0.2) is 9.37 Å². The number of ether oxygens (including phenoxy) is 2. The first kappa shape index (κ1) is 17.2. The van der Waals surface area contributed by atoms with Crippen LogP contribution >= 0.6 is 0 Å². The van der Waals surface area contributed by atoms with Crippen molar-refractivity contribution in [1.29, 1.82) is 5.26 Å². The van der Waals surface area contributed by atoms with Crippen LogP contribution in [0.5, 0.6) is 11.5 Å². The van der Waals surface area contributed by atoms with Crippen LogP contribution in [0.1, 0.15) is 5.56 Å². The second-order valence-electron chi connectivity index (χ2n) is 5.92. The summed E-state index contributed by atoms with van der Waals surface area (Å²) in [7, 11) is 0. The lowest BCUT2D eigenvalue weighted by atomic mass is 9.96. The number of halogens is 1. The minimum absolute atomic E-state index is 0.0258. The van der Waals surface area contributed by atoms with Crippen LogP contribution in [0.3, 0.4) is 0 Å². The molecule has 0 saturated carbocycles. The molecule has 2 N–H and O–H groups in total. The van der Waals surface area contributed by atoms with Gasteiger partial charge in [-0.2, -0.15) is 5.26 Å². The van der Waals surface area contributed by atoms with Crippen LogP contribution in [0.15, 0.2) is 42.5 Å². The van der Waals surface area contributed by atoms with Crippen LogP contribution < -0.4 is 15.2 Å². The van der Waals surface area contributed by atoms with Crippen molar-refractivity contribution in [2.45, 2.75) is 0 Å². The number of nitrogens with two attached hydrogens (primary N) is 1. The second-order valence-corrected chi connectivity index (χ2v) is 5.92. The summed E-state index contributed by atoms with van der Waals surface area (Å²) in [6.45, 7) is -0.0614. The number of nitrogen functional groups attached to an aromatic ring is 1. The molecule has 0 unspecified atom stereocenters. The Morgan fingerprint density at radius 1 is 1.18 bits per heavy atom. The molecule has 9 heteroatoms. The topological polar surface area (TPSA) is 124 Å². The van der Waals surface area contributed by atoms with Gasteiger partial charge in [-0.15, -0.1) is 0 Å². The van der Waals surface area contributed by atoms with Gasteiger partial charge in [0.05, 0.1) is 22.2 Å². The standard InChI is InChI=1S/C19H11FN4O4/c20-11-3-1-2-10(4-11)15-5-12(14(8-21)19(22)23-15)13-6-17-18(28-9-27-17)7-16(13)24(25)26/h1-7H,9H2,(H2,22,23). The number of benzene rings is 2. The summed E-state index contributed by atoms with van der Waals surface area (Å²) >= 11 is 0. The fourth-order valence-electron chi connectivity index (χ4n) is 2.99. The maximum absolute atomic E-state index is 13.6. The molecule has 0 saturated heterocycles. The molecule has 4 rings (SSSR count). The summed E-state index contributed by atoms with van der Waals surface area (Å²) in [5, 5.41) is 21.1. The Morgan fingerprint density at radius 2 is 1.93 bits per heavy atom. The summed E-state index contributed by atoms with van der Waals surface area (Å²) in [5.74, 6) is -0.0439. The van der Waals surface area contributed by atoms with Gasteiger partial charge in [0.15, 0.2) is 11.5 Å². The second kappa shape index (κ2) is 6.51. The monoisotopic (exact) mass is 378 g/mol. The molecule has 0 spiro atoms. The fourth-order valence-corrected chi connectivity index (χ4v) is 2.99. The maximum Gasteiger partial charge on any atom is 0.281 e. The molecular weight excluding hydrogens is 367 g/mol. The minimum Gasteiger partial charge on any atom is -0.454 e. The van der Waals surface area contributed by atoms with Gasteiger partial charge in [0, 0.05) is 11.1 Å². The quantitative estimate of drug-likeness (QED) is 0.545. The summed E-state index contributed by atoms with van der Waals surface area (Å²) in [6.07, 6.45) is 0. The number of hydrogen-bond donors (Lipinski definition) is 1. The van der Waals surface area contributed by atoms with E-state index in [4.69, 9.17) is 15.2 Å². The van der Waals surface area contributed by atoms with Crippen LogP contribution in [0.25, 0.3) is 22.4 Å². The third-order valence-corrected chi connectivity index (χ3v) is 4.26. The van der Waals surface area contributed by atoms with Gasteiger partial charge in [-0.1, -0.05) is 12.1 Å². The van der Waals surface area contributed by atoms with Gasteiger partial charge < -0.3 is 15.2 Å². The first-order chi connectivity index (χ1) is 13.5. The Hall–Kier alpha value is -4.19. The zero-order valence-corrected chi connectivity index (χ0v) is 14.2. The number of nitriles is 1. The van der Waals surface area contributed by atoms with Crippen molar-refractivity contribution < 1.29 is 18.8 Å². The third-order valence-electron chi connectivity index (χ3n) is 4.26. The molecule has 1 aliphatic heterocycles. The van der Waals surface area contributed by atoms with E-state index in [2.05, 4.69) is 4.98 Å². The maximum atomic E-state index is 13.6. The molecule has 0 fully saturated rings. The van der Waals surface area contributed by atoms with Gasteiger partial charge in [0.2, 0.25) is 6.79 Å². The highest BCUT2D eigenvalue weighted by Gasteiger charge is 2.27. The predicted octanol–water partition coefficient (Wildman–Crippen LogP) is 3.65. The van der Waals surface area contributed by atoms with Crippen molar-refractivity contribution in [3.8, 4) is 40.0 Å². The molecule has 0 bridgehead atoms. The molecule has 28 heavy (non-hydrogen) atoms. The lowest BCUT2D eigenvalue weighted by molar-refractivity contribution is -0.384. The summed E-state index contributed by atoms with van der Waals surface area (Å²) in [5.41, 5.74) is 6.63. The zero-order chi connectivity index (χ0) is 19.8. The average molecular weight is 378 g/mol. The number of nitrogens with zero attached hydrogens (tertiary/aromatic N) is 3. The Labute approximate surface area is 157 Å². The summed E-state index contributed by atoms with van der Waals surface area (Å²) in [6, 6.07) is 11.7. The number of anilines is 1. The van der Waals surface area contributed by atoms with Gasteiger partial charge in [-0.3, -0.25) is 10.1 Å². The lowest BCUT2D eigenvalue weighted by Gasteiger charge is -2.11. The van der Waals surface area contributed by atoms with Gasteiger partial charge in [-0.05, 0) is 24.3 Å². The molecule has 0 amide bonds. The smallest absolute Gasteiger partial charge is 0.281 e. The molecule has 1 aliphatic rings. The van der Waals surface area contributed by atoms with E-state index in [1.165, 1.54) is 36.4 Å². The van der Waals surface area contributed by atoms with Gasteiger partial charge in [0.25, 0.3) is 5.69 Å². The van der Waals surface area contributed by atoms with Crippen LogP contribution in [-0.4, -0.2) is 16.7 Å². The number of nitro benzene ring substituents is 1. The van der Waals surface area contributed by atoms with Crippen LogP contribution in [0.2, 0.25) is 0 Å². The van der Waals surface area contributed by atoms with E-state index < -0.39 is 10.7 Å². The zero-order valence-electron chi connectivity index (χ0n) is 14.2. The van der Waals surface area contributed by atoms with Crippen molar-refractivity contribution in [1.82, 2.24) is 4.98 Å². The Morgan fingerprint density at radius 3 is 2.61 bits per heavy atom. The highest BCUT2D eigenvalue weighted by molar-refractivity contribution is 5.86. The minimum atomic E-state index is -0.586. The molecule has 2 heterocycles. The number of fused-ring (bicyclic) bond motifs is 1. The normalized spacial score (nSPS) is 11.9. The van der Waals surface area contributed by atoms with Gasteiger partial charge in [0.1, 0.15) is 23.3 Å². The predicted molar refractivity (Wildman–Crippen MR) is 97.0 cm³/mol. The average Bonchev–Trinajstić information content (AvgIpc) is 3.13. The SMILES string of the molecule is N#Cc1c(-c2cc3c(cc2[N+](=O)[O-])OCO3)cc(-c2cccc(F)c2)nc1N. The van der Waals surface area contributed by atoms with E-state index in [9.17, 15) is 19.8 Å². The summed E-state index contributed by atoms with van der Waals surface area (Å²) in [4.78, 5) is 15.2. The molecule has 2 aromatic carbocycles. The highest BCUT2D eigenvalue weighted by atomic mass is 19.1. The van der Waals surface area contributed by atoms with Crippen molar-refractivity contribution in [2.24, 2.45) is 0 Å². The van der Waals surface area contributed by atoms with Crippen molar-refractivity contribution >= 4 is 11.5 Å². The molecule has 8 nitrogen and oxygen atoms in total. The molecule has 0 aliphatic carbocycles. The highest BCUT2D eigenvalue weighted by Crippen LogP contribution is 2.44.